The second-order valence-electron chi connectivity index (χ2n) is 3.94. The van der Waals surface area contributed by atoms with Crippen molar-refractivity contribution >= 4 is 17.5 Å². The fourth-order valence-corrected chi connectivity index (χ4v) is 1.45. The standard InChI is InChI=1S/C9H17N5O/c1-5(2)7-6(10)8(13(3)4)12-9(11)14(7)15/h5H,10H2,1-4H3,(H2,11,12). The predicted molar refractivity (Wildman–Crippen MR) is 60.4 cm³/mol. The van der Waals surface area contributed by atoms with Crippen LogP contribution < -0.4 is 21.1 Å². The Morgan fingerprint density at radius 1 is 1.33 bits per heavy atom. The molecule has 0 unspecified atom stereocenters. The second-order valence-corrected chi connectivity index (χ2v) is 3.94. The van der Waals surface area contributed by atoms with Gasteiger partial charge in [0, 0.05) is 20.0 Å². The lowest BCUT2D eigenvalue weighted by molar-refractivity contribution is -0.601. The minimum Gasteiger partial charge on any atom is -0.740 e. The number of aromatic nitrogens is 2. The van der Waals surface area contributed by atoms with Gasteiger partial charge in [-0.05, 0) is 0 Å². The van der Waals surface area contributed by atoms with E-state index in [0.29, 0.717) is 21.9 Å². The third-order valence-electron chi connectivity index (χ3n) is 2.13. The predicted octanol–water partition coefficient (Wildman–Crippen LogP) is 0.0688. The van der Waals surface area contributed by atoms with E-state index < -0.39 is 0 Å². The molecule has 0 amide bonds. The highest BCUT2D eigenvalue weighted by Crippen LogP contribution is 2.26. The number of anilines is 3. The quantitative estimate of drug-likeness (QED) is 0.533. The fraction of sp³-hybridized carbons (Fsp3) is 0.556. The van der Waals surface area contributed by atoms with E-state index in [1.54, 1.807) is 19.0 Å². The van der Waals surface area contributed by atoms with Crippen molar-refractivity contribution in [3.05, 3.63) is 10.9 Å². The van der Waals surface area contributed by atoms with Gasteiger partial charge in [0.25, 0.3) is 0 Å². The summed E-state index contributed by atoms with van der Waals surface area (Å²) in [5, 5.41) is 11.6. The van der Waals surface area contributed by atoms with E-state index in [-0.39, 0.29) is 11.9 Å². The molecule has 1 aromatic heterocycles. The van der Waals surface area contributed by atoms with Crippen LogP contribution in [0.25, 0.3) is 0 Å². The van der Waals surface area contributed by atoms with Gasteiger partial charge in [-0.25, -0.2) is 4.73 Å². The summed E-state index contributed by atoms with van der Waals surface area (Å²) in [5.74, 6) is 0.464. The Morgan fingerprint density at radius 3 is 2.27 bits per heavy atom. The Labute approximate surface area is 89.1 Å². The zero-order chi connectivity index (χ0) is 11.7. The summed E-state index contributed by atoms with van der Waals surface area (Å²) in [6.45, 7) is 3.78. The maximum absolute atomic E-state index is 11.6. The number of rotatable bonds is 2. The SMILES string of the molecule is CC(C)c1c(N)c(N(C)C)nc(N)[n+]1[O-]. The average molecular weight is 211 g/mol. The molecule has 0 spiro atoms. The van der Waals surface area contributed by atoms with E-state index in [4.69, 9.17) is 11.5 Å². The molecule has 0 aliphatic carbocycles. The summed E-state index contributed by atoms with van der Waals surface area (Å²) in [6.07, 6.45) is 0. The van der Waals surface area contributed by atoms with E-state index in [1.807, 2.05) is 13.8 Å². The fourth-order valence-electron chi connectivity index (χ4n) is 1.45. The molecule has 6 nitrogen and oxygen atoms in total. The molecular weight excluding hydrogens is 194 g/mol. The molecule has 0 fully saturated rings. The maximum Gasteiger partial charge on any atom is 0.392 e. The van der Waals surface area contributed by atoms with Gasteiger partial charge in [0.2, 0.25) is 5.82 Å². The van der Waals surface area contributed by atoms with Gasteiger partial charge in [0.05, 0.1) is 0 Å². The zero-order valence-electron chi connectivity index (χ0n) is 9.48. The first-order valence-electron chi connectivity index (χ1n) is 4.72. The molecule has 0 aromatic carbocycles. The van der Waals surface area contributed by atoms with Crippen LogP contribution in [0.2, 0.25) is 0 Å². The zero-order valence-corrected chi connectivity index (χ0v) is 9.48. The van der Waals surface area contributed by atoms with Gasteiger partial charge in [-0.2, -0.15) is 0 Å². The molecule has 0 aliphatic rings. The summed E-state index contributed by atoms with van der Waals surface area (Å²) in [5.41, 5.74) is 12.2. The van der Waals surface area contributed by atoms with Gasteiger partial charge in [-0.3, -0.25) is 5.73 Å². The van der Waals surface area contributed by atoms with Gasteiger partial charge in [0.1, 0.15) is 11.4 Å². The molecule has 0 atom stereocenters. The molecule has 1 aromatic rings. The number of nitrogens with two attached hydrogens (primary N) is 2. The molecule has 4 N–H and O–H groups in total. The molecule has 84 valence electrons. The van der Waals surface area contributed by atoms with Crippen LogP contribution in [-0.4, -0.2) is 19.1 Å². The molecule has 1 rings (SSSR count). The van der Waals surface area contributed by atoms with Crippen molar-refractivity contribution in [2.24, 2.45) is 0 Å². The van der Waals surface area contributed by atoms with Crippen molar-refractivity contribution in [1.29, 1.82) is 0 Å². The van der Waals surface area contributed by atoms with E-state index in [0.717, 1.165) is 0 Å². The lowest BCUT2D eigenvalue weighted by atomic mass is 10.1. The Bertz CT molecular complexity index is 375. The largest absolute Gasteiger partial charge is 0.740 e. The van der Waals surface area contributed by atoms with Gasteiger partial charge >= 0.3 is 5.95 Å². The molecule has 0 saturated carbocycles. The Hall–Kier alpha value is -1.72. The normalized spacial score (nSPS) is 10.7. The molecule has 0 saturated heterocycles. The van der Waals surface area contributed by atoms with Crippen molar-refractivity contribution in [2.45, 2.75) is 19.8 Å². The highest BCUT2D eigenvalue weighted by Gasteiger charge is 2.21. The van der Waals surface area contributed by atoms with Crippen LogP contribution in [0.15, 0.2) is 0 Å². The van der Waals surface area contributed by atoms with E-state index >= 15 is 0 Å². The average Bonchev–Trinajstić information content (AvgIpc) is 2.10. The Balaban J connectivity index is 3.49. The van der Waals surface area contributed by atoms with Crippen LogP contribution >= 0.6 is 0 Å². The highest BCUT2D eigenvalue weighted by atomic mass is 16.5. The van der Waals surface area contributed by atoms with Crippen LogP contribution in [0.3, 0.4) is 0 Å². The first kappa shape index (κ1) is 11.4. The van der Waals surface area contributed by atoms with Crippen LogP contribution in [0.5, 0.6) is 0 Å². The minimum atomic E-state index is -0.0726. The summed E-state index contributed by atoms with van der Waals surface area (Å²) >= 11 is 0. The van der Waals surface area contributed by atoms with Crippen molar-refractivity contribution in [3.63, 3.8) is 0 Å². The van der Waals surface area contributed by atoms with Crippen LogP contribution in [0.1, 0.15) is 25.5 Å². The second kappa shape index (κ2) is 3.80. The smallest absolute Gasteiger partial charge is 0.392 e. The molecule has 6 heteroatoms. The highest BCUT2D eigenvalue weighted by molar-refractivity contribution is 5.65. The van der Waals surface area contributed by atoms with E-state index in [2.05, 4.69) is 4.98 Å². The third-order valence-corrected chi connectivity index (χ3v) is 2.13. The third kappa shape index (κ3) is 1.88. The summed E-state index contributed by atoms with van der Waals surface area (Å²) in [6, 6.07) is 0. The first-order valence-corrected chi connectivity index (χ1v) is 4.72. The van der Waals surface area contributed by atoms with Crippen molar-refractivity contribution in [2.75, 3.05) is 30.5 Å². The van der Waals surface area contributed by atoms with Gasteiger partial charge in [-0.1, -0.05) is 18.8 Å². The minimum absolute atomic E-state index is 0.00602. The molecular formula is C9H17N5O. The molecule has 0 radical (unpaired) electrons. The summed E-state index contributed by atoms with van der Waals surface area (Å²) < 4.78 is 0.590. The van der Waals surface area contributed by atoms with Gasteiger partial charge < -0.3 is 15.8 Å². The van der Waals surface area contributed by atoms with Crippen LogP contribution in [-0.2, 0) is 0 Å². The number of hydrogen-bond acceptors (Lipinski definition) is 5. The molecule has 1 heterocycles. The van der Waals surface area contributed by atoms with Crippen molar-refractivity contribution < 1.29 is 4.73 Å². The number of hydrogen-bond donors (Lipinski definition) is 2. The summed E-state index contributed by atoms with van der Waals surface area (Å²) in [7, 11) is 3.61. The topological polar surface area (TPSA) is 95.1 Å². The summed E-state index contributed by atoms with van der Waals surface area (Å²) in [4.78, 5) is 5.68. The lowest BCUT2D eigenvalue weighted by Gasteiger charge is -2.20. The molecule has 0 aliphatic heterocycles. The van der Waals surface area contributed by atoms with Crippen molar-refractivity contribution in [1.82, 2.24) is 4.98 Å². The Morgan fingerprint density at radius 2 is 1.87 bits per heavy atom. The first-order chi connectivity index (χ1) is 6.86. The van der Waals surface area contributed by atoms with Gasteiger partial charge in [0.15, 0.2) is 0 Å². The van der Waals surface area contributed by atoms with Gasteiger partial charge in [-0.15, -0.1) is 0 Å². The molecule has 0 bridgehead atoms. The Kier molecular flexibility index (Phi) is 2.88. The lowest BCUT2D eigenvalue weighted by Crippen LogP contribution is -2.39. The van der Waals surface area contributed by atoms with Crippen LogP contribution in [0.4, 0.5) is 17.5 Å². The monoisotopic (exact) mass is 211 g/mol. The molecule has 15 heavy (non-hydrogen) atoms. The van der Waals surface area contributed by atoms with Crippen LogP contribution in [0, 0.1) is 5.21 Å². The van der Waals surface area contributed by atoms with E-state index in [9.17, 15) is 5.21 Å². The van der Waals surface area contributed by atoms with Crippen molar-refractivity contribution in [3.8, 4) is 0 Å². The number of nitrogen functional groups attached to an aromatic ring is 2. The maximum atomic E-state index is 11.6. The number of nitrogens with zero attached hydrogens (tertiary/aromatic N) is 3. The van der Waals surface area contributed by atoms with E-state index in [1.165, 1.54) is 0 Å².